The molecule has 0 saturated heterocycles. The molecule has 0 aliphatic heterocycles. The van der Waals surface area contributed by atoms with Gasteiger partial charge in [-0.1, -0.05) is 44.5 Å². The molecule has 0 atom stereocenters. The van der Waals surface area contributed by atoms with Gasteiger partial charge in [0.05, 0.1) is 6.54 Å². The lowest BCUT2D eigenvalue weighted by atomic mass is 9.86. The van der Waals surface area contributed by atoms with Crippen LogP contribution in [0, 0.1) is 0 Å². The summed E-state index contributed by atoms with van der Waals surface area (Å²) in [5, 5.41) is 0.627. The Morgan fingerprint density at radius 1 is 1.40 bits per heavy atom. The van der Waals surface area contributed by atoms with Crippen molar-refractivity contribution < 1.29 is 4.79 Å². The SMILES string of the molecule is CC(C)(C)c1ccc(C(=O)CN)cc1Cl. The Bertz CT molecular complexity index is 380. The monoisotopic (exact) mass is 225 g/mol. The molecule has 0 saturated carbocycles. The number of ketones is 1. The van der Waals surface area contributed by atoms with Gasteiger partial charge in [-0.2, -0.15) is 0 Å². The van der Waals surface area contributed by atoms with E-state index in [0.29, 0.717) is 10.6 Å². The van der Waals surface area contributed by atoms with Crippen molar-refractivity contribution in [1.82, 2.24) is 0 Å². The zero-order chi connectivity index (χ0) is 11.6. The molecular formula is C12H16ClNO. The summed E-state index contributed by atoms with van der Waals surface area (Å²) < 4.78 is 0. The maximum Gasteiger partial charge on any atom is 0.176 e. The van der Waals surface area contributed by atoms with Crippen LogP contribution in [0.2, 0.25) is 5.02 Å². The van der Waals surface area contributed by atoms with E-state index in [1.165, 1.54) is 0 Å². The van der Waals surface area contributed by atoms with Gasteiger partial charge in [0, 0.05) is 10.6 Å². The molecule has 15 heavy (non-hydrogen) atoms. The summed E-state index contributed by atoms with van der Waals surface area (Å²) in [5.41, 5.74) is 6.89. The van der Waals surface area contributed by atoms with Crippen molar-refractivity contribution in [2.24, 2.45) is 5.73 Å². The molecule has 1 aromatic rings. The highest BCUT2D eigenvalue weighted by molar-refractivity contribution is 6.31. The molecule has 0 spiro atoms. The third kappa shape index (κ3) is 2.80. The molecule has 2 N–H and O–H groups in total. The lowest BCUT2D eigenvalue weighted by Crippen LogP contribution is -2.15. The first-order valence-corrected chi connectivity index (χ1v) is 5.27. The zero-order valence-electron chi connectivity index (χ0n) is 9.30. The number of rotatable bonds is 2. The van der Waals surface area contributed by atoms with Crippen LogP contribution in [0.25, 0.3) is 0 Å². The average Bonchev–Trinajstić information content (AvgIpc) is 2.14. The van der Waals surface area contributed by atoms with E-state index in [9.17, 15) is 4.79 Å². The Kier molecular flexibility index (Phi) is 3.53. The summed E-state index contributed by atoms with van der Waals surface area (Å²) in [5.74, 6) is -0.0858. The fraction of sp³-hybridized carbons (Fsp3) is 0.417. The van der Waals surface area contributed by atoms with Crippen LogP contribution in [-0.4, -0.2) is 12.3 Å². The van der Waals surface area contributed by atoms with Gasteiger partial charge >= 0.3 is 0 Å². The van der Waals surface area contributed by atoms with Crippen LogP contribution < -0.4 is 5.73 Å². The predicted octanol–water partition coefficient (Wildman–Crippen LogP) is 2.78. The highest BCUT2D eigenvalue weighted by atomic mass is 35.5. The molecule has 0 aliphatic carbocycles. The van der Waals surface area contributed by atoms with Gasteiger partial charge in [-0.05, 0) is 17.0 Å². The van der Waals surface area contributed by atoms with Crippen LogP contribution in [0.3, 0.4) is 0 Å². The molecule has 0 amide bonds. The van der Waals surface area contributed by atoms with Crippen molar-refractivity contribution in [3.8, 4) is 0 Å². The van der Waals surface area contributed by atoms with Gasteiger partial charge in [0.15, 0.2) is 5.78 Å². The van der Waals surface area contributed by atoms with Gasteiger partial charge in [-0.25, -0.2) is 0 Å². The number of hydrogen-bond donors (Lipinski definition) is 1. The Labute approximate surface area is 95.4 Å². The number of carbonyl (C=O) groups excluding carboxylic acids is 1. The summed E-state index contributed by atoms with van der Waals surface area (Å²) in [6.07, 6.45) is 0. The number of hydrogen-bond acceptors (Lipinski definition) is 2. The number of nitrogens with two attached hydrogens (primary N) is 1. The predicted molar refractivity (Wildman–Crippen MR) is 63.5 cm³/mol. The first kappa shape index (κ1) is 12.2. The molecule has 0 aliphatic rings. The molecule has 2 nitrogen and oxygen atoms in total. The molecular weight excluding hydrogens is 210 g/mol. The van der Waals surface area contributed by atoms with E-state index in [4.69, 9.17) is 17.3 Å². The fourth-order valence-electron chi connectivity index (χ4n) is 1.41. The molecule has 1 aromatic carbocycles. The highest BCUT2D eigenvalue weighted by Crippen LogP contribution is 2.29. The molecule has 0 fully saturated rings. The Morgan fingerprint density at radius 3 is 2.40 bits per heavy atom. The van der Waals surface area contributed by atoms with Crippen LogP contribution in [0.1, 0.15) is 36.7 Å². The summed E-state index contributed by atoms with van der Waals surface area (Å²) in [7, 11) is 0. The van der Waals surface area contributed by atoms with Gasteiger partial charge in [-0.15, -0.1) is 0 Å². The minimum absolute atomic E-state index is 0.0125. The van der Waals surface area contributed by atoms with Gasteiger partial charge < -0.3 is 5.73 Å². The number of carbonyl (C=O) groups is 1. The van der Waals surface area contributed by atoms with E-state index >= 15 is 0 Å². The first-order valence-electron chi connectivity index (χ1n) is 4.89. The Morgan fingerprint density at radius 2 is 2.00 bits per heavy atom. The van der Waals surface area contributed by atoms with Crippen molar-refractivity contribution in [3.63, 3.8) is 0 Å². The zero-order valence-corrected chi connectivity index (χ0v) is 10.1. The molecule has 1 rings (SSSR count). The molecule has 0 radical (unpaired) electrons. The normalized spacial score (nSPS) is 11.5. The van der Waals surface area contributed by atoms with E-state index in [-0.39, 0.29) is 17.7 Å². The molecule has 82 valence electrons. The maximum absolute atomic E-state index is 11.3. The quantitative estimate of drug-likeness (QED) is 0.787. The van der Waals surface area contributed by atoms with Crippen LogP contribution in [-0.2, 0) is 5.41 Å². The molecule has 0 unspecified atom stereocenters. The Balaban J connectivity index is 3.15. The summed E-state index contributed by atoms with van der Waals surface area (Å²) in [6, 6.07) is 5.37. The van der Waals surface area contributed by atoms with E-state index in [1.54, 1.807) is 12.1 Å². The number of benzene rings is 1. The lowest BCUT2D eigenvalue weighted by molar-refractivity contribution is 0.100. The average molecular weight is 226 g/mol. The first-order chi connectivity index (χ1) is 6.86. The third-order valence-electron chi connectivity index (χ3n) is 2.28. The summed E-state index contributed by atoms with van der Waals surface area (Å²) >= 11 is 6.12. The van der Waals surface area contributed by atoms with Crippen LogP contribution >= 0.6 is 11.6 Å². The Hall–Kier alpha value is -0.860. The molecule has 0 heterocycles. The smallest absolute Gasteiger partial charge is 0.176 e. The maximum atomic E-state index is 11.3. The van der Waals surface area contributed by atoms with Crippen molar-refractivity contribution in [2.75, 3.05) is 6.54 Å². The minimum atomic E-state index is -0.0858. The van der Waals surface area contributed by atoms with Gasteiger partial charge in [0.25, 0.3) is 0 Å². The van der Waals surface area contributed by atoms with Gasteiger partial charge in [0.1, 0.15) is 0 Å². The second kappa shape index (κ2) is 4.33. The highest BCUT2D eigenvalue weighted by Gasteiger charge is 2.18. The number of Topliss-reactive ketones (excluding diaryl/α,β-unsaturated/α-hetero) is 1. The van der Waals surface area contributed by atoms with E-state index in [1.807, 2.05) is 6.07 Å². The van der Waals surface area contributed by atoms with Crippen molar-refractivity contribution in [1.29, 1.82) is 0 Å². The van der Waals surface area contributed by atoms with Crippen molar-refractivity contribution >= 4 is 17.4 Å². The molecule has 3 heteroatoms. The van der Waals surface area contributed by atoms with Crippen LogP contribution in [0.15, 0.2) is 18.2 Å². The largest absolute Gasteiger partial charge is 0.324 e. The van der Waals surface area contributed by atoms with Crippen LogP contribution in [0.4, 0.5) is 0 Å². The second-order valence-electron chi connectivity index (χ2n) is 4.57. The minimum Gasteiger partial charge on any atom is -0.324 e. The summed E-state index contributed by atoms with van der Waals surface area (Å²) in [4.78, 5) is 11.3. The van der Waals surface area contributed by atoms with Crippen molar-refractivity contribution in [2.45, 2.75) is 26.2 Å². The fourth-order valence-corrected chi connectivity index (χ4v) is 1.88. The third-order valence-corrected chi connectivity index (χ3v) is 2.60. The van der Waals surface area contributed by atoms with Crippen molar-refractivity contribution in [3.05, 3.63) is 34.3 Å². The summed E-state index contributed by atoms with van der Waals surface area (Å²) in [6.45, 7) is 6.26. The van der Waals surface area contributed by atoms with Gasteiger partial charge in [-0.3, -0.25) is 4.79 Å². The number of halogens is 1. The van der Waals surface area contributed by atoms with E-state index < -0.39 is 0 Å². The second-order valence-corrected chi connectivity index (χ2v) is 4.98. The van der Waals surface area contributed by atoms with Crippen LogP contribution in [0.5, 0.6) is 0 Å². The molecule has 0 aromatic heterocycles. The van der Waals surface area contributed by atoms with Gasteiger partial charge in [0.2, 0.25) is 0 Å². The lowest BCUT2D eigenvalue weighted by Gasteiger charge is -2.20. The van der Waals surface area contributed by atoms with E-state index in [2.05, 4.69) is 20.8 Å². The topological polar surface area (TPSA) is 43.1 Å². The standard InChI is InChI=1S/C12H16ClNO/c1-12(2,3)9-5-4-8(6-10(9)13)11(15)7-14/h4-6H,7,14H2,1-3H3. The van der Waals surface area contributed by atoms with E-state index in [0.717, 1.165) is 5.56 Å². The molecule has 0 bridgehead atoms.